The number of hydrogen-bond acceptors (Lipinski definition) is 2. The van der Waals surface area contributed by atoms with Gasteiger partial charge < -0.3 is 10.6 Å². The Hall–Kier alpha value is -2.12. The molecule has 12 heteroatoms. The first kappa shape index (κ1) is 19.2. The second-order valence-electron chi connectivity index (χ2n) is 4.79. The number of nitrogens with two attached hydrogens (primary N) is 1. The van der Waals surface area contributed by atoms with Gasteiger partial charge in [-0.15, -0.1) is 4.68 Å². The number of aromatic nitrogens is 2. The summed E-state index contributed by atoms with van der Waals surface area (Å²) in [6, 6.07) is 1.07. The number of nitrogen functional groups attached to an aromatic ring is 1. The highest BCUT2D eigenvalue weighted by Gasteiger charge is 2.35. The van der Waals surface area contributed by atoms with E-state index in [0.29, 0.717) is 16.8 Å². The summed E-state index contributed by atoms with van der Waals surface area (Å²) >= 11 is 11.6. The van der Waals surface area contributed by atoms with E-state index in [1.54, 1.807) is 0 Å². The Kier molecular flexibility index (Phi) is 4.85. The molecule has 0 aliphatic carbocycles. The van der Waals surface area contributed by atoms with Crippen LogP contribution in [0.5, 0.6) is 0 Å². The zero-order valence-electron chi connectivity index (χ0n) is 11.8. The minimum atomic E-state index is -4.73. The molecule has 0 saturated carbocycles. The monoisotopic (exact) mass is 402 g/mol. The molecule has 0 radical (unpaired) electrons. The maximum Gasteiger partial charge on any atom is 0.416 e. The molecule has 0 atom stereocenters. The first-order valence-electron chi connectivity index (χ1n) is 6.23. The molecule has 0 unspecified atom stereocenters. The molecule has 1 aromatic carbocycles. The number of rotatable bonds is 2. The van der Waals surface area contributed by atoms with E-state index in [0.717, 1.165) is 0 Å². The molecular weight excluding hydrogens is 397 g/mol. The lowest BCUT2D eigenvalue weighted by atomic mass is 10.2. The van der Waals surface area contributed by atoms with Crippen LogP contribution in [-0.2, 0) is 12.6 Å². The predicted molar refractivity (Wildman–Crippen MR) is 79.0 cm³/mol. The molecule has 2 rings (SSSR count). The van der Waals surface area contributed by atoms with Gasteiger partial charge >= 0.3 is 18.2 Å². The van der Waals surface area contributed by atoms with Gasteiger partial charge in [0.05, 0.1) is 22.0 Å². The lowest BCUT2D eigenvalue weighted by molar-refractivity contribution is -0.137. The van der Waals surface area contributed by atoms with Crippen molar-refractivity contribution in [3.8, 4) is 5.69 Å². The summed E-state index contributed by atoms with van der Waals surface area (Å²) in [5.74, 6) is -1.24. The molecule has 1 aromatic heterocycles. The fraction of sp³-hybridized carbons (Fsp3) is 0.231. The van der Waals surface area contributed by atoms with E-state index in [1.165, 1.54) is 0 Å². The molecule has 0 aliphatic rings. The molecule has 0 saturated heterocycles. The van der Waals surface area contributed by atoms with Crippen LogP contribution in [0.1, 0.15) is 11.1 Å². The molecular formula is C13H6Cl2F6N4. The highest BCUT2D eigenvalue weighted by atomic mass is 35.5. The molecule has 0 bridgehead atoms. The summed E-state index contributed by atoms with van der Waals surface area (Å²) in [4.78, 5) is 2.85. The second kappa shape index (κ2) is 6.31. The van der Waals surface area contributed by atoms with Crippen LogP contribution in [0.4, 0.5) is 38.0 Å². The highest BCUT2D eigenvalue weighted by molar-refractivity contribution is 6.38. The van der Waals surface area contributed by atoms with E-state index < -0.39 is 51.6 Å². The van der Waals surface area contributed by atoms with Gasteiger partial charge in [-0.3, -0.25) is 0 Å². The first-order chi connectivity index (χ1) is 11.3. The van der Waals surface area contributed by atoms with E-state index in [-0.39, 0.29) is 5.69 Å². The molecule has 0 fully saturated rings. The maximum atomic E-state index is 12.7. The normalized spacial score (nSPS) is 12.3. The molecule has 0 aliphatic heterocycles. The number of halogens is 8. The van der Waals surface area contributed by atoms with Crippen LogP contribution in [0.2, 0.25) is 10.0 Å². The molecule has 4 nitrogen and oxygen atoms in total. The summed E-state index contributed by atoms with van der Waals surface area (Å²) in [6.07, 6.45) is -10.9. The first-order valence-corrected chi connectivity index (χ1v) is 6.99. The summed E-state index contributed by atoms with van der Waals surface area (Å²) in [5.41, 5.74) is 3.47. The van der Waals surface area contributed by atoms with Crippen molar-refractivity contribution in [2.24, 2.45) is 0 Å². The van der Waals surface area contributed by atoms with Crippen LogP contribution >= 0.6 is 23.2 Å². The minimum absolute atomic E-state index is 0.354. The Morgan fingerprint density at radius 2 is 1.64 bits per heavy atom. The van der Waals surface area contributed by atoms with E-state index in [9.17, 15) is 26.3 Å². The fourth-order valence-corrected chi connectivity index (χ4v) is 2.66. The average Bonchev–Trinajstić information content (AvgIpc) is 2.73. The van der Waals surface area contributed by atoms with Crippen LogP contribution in [0, 0.1) is 6.57 Å². The number of alkyl halides is 6. The third-order valence-corrected chi connectivity index (χ3v) is 3.62. The van der Waals surface area contributed by atoms with Gasteiger partial charge in [-0.1, -0.05) is 29.8 Å². The van der Waals surface area contributed by atoms with Gasteiger partial charge in [0.1, 0.15) is 11.5 Å². The number of anilines is 1. The third-order valence-electron chi connectivity index (χ3n) is 3.04. The lowest BCUT2D eigenvalue weighted by Gasteiger charge is -2.12. The molecule has 25 heavy (non-hydrogen) atoms. The van der Waals surface area contributed by atoms with Gasteiger partial charge in [-0.05, 0) is 17.2 Å². The van der Waals surface area contributed by atoms with E-state index in [4.69, 9.17) is 35.5 Å². The van der Waals surface area contributed by atoms with Gasteiger partial charge in [-0.25, -0.2) is 0 Å². The SMILES string of the molecule is [C-]#[N+]c1nn(-c2c(Cl)cc(C(F)(F)F)cc2Cl)c(N)c1CC(F)(F)F. The second-order valence-corrected chi connectivity index (χ2v) is 5.60. The predicted octanol–water partition coefficient (Wildman–Crippen LogP) is 5.44. The standard InChI is InChI=1S/C13H6Cl2F6N4/c1-23-11-6(4-12(16,17)18)10(22)25(24-11)9-7(14)2-5(3-8(9)15)13(19,20)21/h2-3H,4,22H2. The topological polar surface area (TPSA) is 48.2 Å². The highest BCUT2D eigenvalue weighted by Crippen LogP contribution is 2.40. The van der Waals surface area contributed by atoms with Gasteiger partial charge in [0.25, 0.3) is 0 Å². The summed E-state index contributed by atoms with van der Waals surface area (Å²) in [7, 11) is 0. The van der Waals surface area contributed by atoms with E-state index >= 15 is 0 Å². The van der Waals surface area contributed by atoms with Crippen LogP contribution in [-0.4, -0.2) is 16.0 Å². The molecule has 134 valence electrons. The van der Waals surface area contributed by atoms with Crippen molar-refractivity contribution in [1.82, 2.24) is 9.78 Å². The number of benzene rings is 1. The van der Waals surface area contributed by atoms with Crippen LogP contribution in [0.15, 0.2) is 12.1 Å². The van der Waals surface area contributed by atoms with E-state index in [1.807, 2.05) is 0 Å². The largest absolute Gasteiger partial charge is 0.416 e. The molecule has 0 spiro atoms. The van der Waals surface area contributed by atoms with Gasteiger partial charge in [0.2, 0.25) is 0 Å². The van der Waals surface area contributed by atoms with Gasteiger partial charge in [0.15, 0.2) is 0 Å². The Balaban J connectivity index is 2.66. The summed E-state index contributed by atoms with van der Waals surface area (Å²) in [5, 5.41) is 2.51. The minimum Gasteiger partial charge on any atom is -0.383 e. The zero-order chi connectivity index (χ0) is 19.2. The Labute approximate surface area is 146 Å². The maximum absolute atomic E-state index is 12.7. The van der Waals surface area contributed by atoms with Crippen molar-refractivity contribution in [3.63, 3.8) is 0 Å². The van der Waals surface area contributed by atoms with Gasteiger partial charge in [0, 0.05) is 5.56 Å². The van der Waals surface area contributed by atoms with Crippen LogP contribution in [0.25, 0.3) is 10.5 Å². The van der Waals surface area contributed by atoms with Crippen molar-refractivity contribution in [3.05, 3.63) is 44.7 Å². The smallest absolute Gasteiger partial charge is 0.383 e. The molecule has 0 amide bonds. The number of hydrogen-bond donors (Lipinski definition) is 1. The lowest BCUT2D eigenvalue weighted by Crippen LogP contribution is -2.13. The third kappa shape index (κ3) is 3.93. The van der Waals surface area contributed by atoms with Gasteiger partial charge in [-0.2, -0.15) is 26.3 Å². The number of nitrogens with zero attached hydrogens (tertiary/aromatic N) is 3. The summed E-state index contributed by atoms with van der Waals surface area (Å²) < 4.78 is 76.7. The van der Waals surface area contributed by atoms with Crippen molar-refractivity contribution in [1.29, 1.82) is 0 Å². The van der Waals surface area contributed by atoms with Crippen LogP contribution in [0.3, 0.4) is 0 Å². The molecule has 2 aromatic rings. The zero-order valence-corrected chi connectivity index (χ0v) is 13.3. The van der Waals surface area contributed by atoms with Crippen LogP contribution < -0.4 is 5.73 Å². The Morgan fingerprint density at radius 3 is 2.04 bits per heavy atom. The van der Waals surface area contributed by atoms with E-state index in [2.05, 4.69) is 9.94 Å². The summed E-state index contributed by atoms with van der Waals surface area (Å²) in [6.45, 7) is 6.90. The Bertz CT molecular complexity index is 840. The molecule has 1 heterocycles. The van der Waals surface area contributed by atoms with Crippen molar-refractivity contribution in [2.75, 3.05) is 5.73 Å². The quantitative estimate of drug-likeness (QED) is 0.537. The molecule has 2 N–H and O–H groups in total. The average molecular weight is 403 g/mol. The van der Waals surface area contributed by atoms with Crippen molar-refractivity contribution < 1.29 is 26.3 Å². The fourth-order valence-electron chi connectivity index (χ4n) is 2.01. The van der Waals surface area contributed by atoms with Crippen molar-refractivity contribution in [2.45, 2.75) is 18.8 Å². The Morgan fingerprint density at radius 1 is 1.12 bits per heavy atom. The van der Waals surface area contributed by atoms with Crippen molar-refractivity contribution >= 4 is 34.8 Å².